The Morgan fingerprint density at radius 3 is 2.53 bits per heavy atom. The summed E-state index contributed by atoms with van der Waals surface area (Å²) >= 11 is 1.25. The molecule has 0 aliphatic heterocycles. The Hall–Kier alpha value is -0.593. The fourth-order valence-electron chi connectivity index (χ4n) is 1.12. The van der Waals surface area contributed by atoms with Gasteiger partial charge in [-0.25, -0.2) is 0 Å². The van der Waals surface area contributed by atoms with Crippen LogP contribution in [0.2, 0.25) is 19.6 Å². The maximum absolute atomic E-state index is 11.4. The van der Waals surface area contributed by atoms with Gasteiger partial charge in [0.05, 0.1) is 26.8 Å². The third kappa shape index (κ3) is 13.6. The van der Waals surface area contributed by atoms with Crippen molar-refractivity contribution in [1.82, 2.24) is 0 Å². The predicted molar refractivity (Wildman–Crippen MR) is 81.8 cm³/mol. The van der Waals surface area contributed by atoms with Crippen LogP contribution in [0.1, 0.15) is 19.8 Å². The number of hydrogen-bond acceptors (Lipinski definition) is 5. The Kier molecular flexibility index (Phi) is 9.04. The Morgan fingerprint density at radius 2 is 2.00 bits per heavy atom. The molecule has 0 saturated heterocycles. The first-order chi connectivity index (χ1) is 8.70. The lowest BCUT2D eigenvalue weighted by atomic mass is 10.2. The zero-order chi connectivity index (χ0) is 14.9. The number of ether oxygens (including phenoxy) is 1. The van der Waals surface area contributed by atoms with Crippen molar-refractivity contribution < 1.29 is 19.4 Å². The van der Waals surface area contributed by atoms with Crippen molar-refractivity contribution in [2.45, 2.75) is 45.5 Å². The number of allylic oxidation sites excluding steroid dienone is 1. The molecule has 0 aromatic carbocycles. The minimum Gasteiger partial charge on any atom is -0.469 e. The summed E-state index contributed by atoms with van der Waals surface area (Å²) < 4.78 is 5.12. The van der Waals surface area contributed by atoms with Gasteiger partial charge in [0, 0.05) is 12.7 Å². The smallest absolute Gasteiger partial charge is 0.308 e. The first kappa shape index (κ1) is 18.4. The number of carbonyl (C=O) groups is 2. The number of rotatable bonds is 8. The average molecular weight is 304 g/mol. The molecule has 0 aromatic rings. The zero-order valence-electron chi connectivity index (χ0n) is 12.1. The molecule has 1 N–H and O–H groups in total. The van der Waals surface area contributed by atoms with Crippen LogP contribution in [0.5, 0.6) is 0 Å². The van der Waals surface area contributed by atoms with Crippen molar-refractivity contribution in [2.24, 2.45) is 0 Å². The fraction of sp³-hybridized carbons (Fsp3) is 0.692. The van der Waals surface area contributed by atoms with Crippen LogP contribution in [0, 0.1) is 0 Å². The minimum absolute atomic E-state index is 0.0131. The lowest BCUT2D eigenvalue weighted by molar-refractivity contribution is -0.143. The third-order valence-corrected chi connectivity index (χ3v) is 3.85. The van der Waals surface area contributed by atoms with Crippen LogP contribution >= 0.6 is 11.8 Å². The van der Waals surface area contributed by atoms with E-state index in [4.69, 9.17) is 4.74 Å². The molecule has 6 heteroatoms. The van der Waals surface area contributed by atoms with Crippen molar-refractivity contribution >= 4 is 30.9 Å². The Bertz CT molecular complexity index is 323. The zero-order valence-corrected chi connectivity index (χ0v) is 14.0. The normalized spacial score (nSPS) is 13.5. The van der Waals surface area contributed by atoms with E-state index < -0.39 is 14.2 Å². The van der Waals surface area contributed by atoms with E-state index in [0.717, 1.165) is 0 Å². The highest BCUT2D eigenvalue weighted by atomic mass is 32.2. The van der Waals surface area contributed by atoms with Gasteiger partial charge >= 0.3 is 5.97 Å². The van der Waals surface area contributed by atoms with Gasteiger partial charge in [-0.1, -0.05) is 43.6 Å². The molecule has 4 nitrogen and oxygen atoms in total. The van der Waals surface area contributed by atoms with E-state index in [2.05, 4.69) is 19.6 Å². The van der Waals surface area contributed by atoms with Gasteiger partial charge in [-0.2, -0.15) is 0 Å². The van der Waals surface area contributed by atoms with E-state index in [-0.39, 0.29) is 17.5 Å². The highest BCUT2D eigenvalue weighted by Crippen LogP contribution is 2.06. The summed E-state index contributed by atoms with van der Waals surface area (Å²) in [6.45, 7) is 7.87. The maximum Gasteiger partial charge on any atom is 0.308 e. The quantitative estimate of drug-likeness (QED) is 0.323. The largest absolute Gasteiger partial charge is 0.469 e. The molecule has 1 atom stereocenters. The number of thioether (sulfide) groups is 1. The molecule has 0 aromatic heterocycles. The number of hydrogen-bond donors (Lipinski definition) is 1. The second-order valence-corrected chi connectivity index (χ2v) is 12.2. The first-order valence-corrected chi connectivity index (χ1v) is 11.0. The molecule has 0 spiro atoms. The van der Waals surface area contributed by atoms with Crippen LogP contribution in [0.3, 0.4) is 0 Å². The van der Waals surface area contributed by atoms with Crippen molar-refractivity contribution in [3.8, 4) is 0 Å². The highest BCUT2D eigenvalue weighted by molar-refractivity contribution is 8.13. The summed E-state index contributed by atoms with van der Waals surface area (Å²) in [4.78, 5) is 22.1. The minimum atomic E-state index is -1.40. The lowest BCUT2D eigenvalue weighted by Crippen LogP contribution is -2.30. The predicted octanol–water partition coefficient (Wildman–Crippen LogP) is 2.38. The molecule has 0 rings (SSSR count). The molecule has 0 fully saturated rings. The molecule has 0 heterocycles. The summed E-state index contributed by atoms with van der Waals surface area (Å²) in [5, 5.41) is 9.69. The van der Waals surface area contributed by atoms with Gasteiger partial charge in [0.1, 0.15) is 0 Å². The van der Waals surface area contributed by atoms with Crippen molar-refractivity contribution in [1.29, 1.82) is 0 Å². The fourth-order valence-corrected chi connectivity index (χ4v) is 2.25. The van der Waals surface area contributed by atoms with Gasteiger partial charge < -0.3 is 9.84 Å². The molecular weight excluding hydrogens is 280 g/mol. The second-order valence-electron chi connectivity index (χ2n) is 5.55. The van der Waals surface area contributed by atoms with Crippen LogP contribution in [-0.4, -0.2) is 42.4 Å². The van der Waals surface area contributed by atoms with Gasteiger partial charge in [-0.15, -0.1) is 0 Å². The molecule has 0 bridgehead atoms. The van der Waals surface area contributed by atoms with E-state index >= 15 is 0 Å². The van der Waals surface area contributed by atoms with E-state index in [9.17, 15) is 14.7 Å². The topological polar surface area (TPSA) is 63.6 Å². The average Bonchev–Trinajstić information content (AvgIpc) is 2.24. The Labute approximate surface area is 120 Å². The standard InChI is InChI=1S/C13H24O4SSi/c1-11(14)18-8-6-5-7-12(15)9-13(16)17-10-19(2,3)4/h5,7,12,15H,6,8-10H2,1-4H3. The molecule has 0 aliphatic carbocycles. The van der Waals surface area contributed by atoms with Gasteiger partial charge in [-0.3, -0.25) is 9.59 Å². The third-order valence-electron chi connectivity index (χ3n) is 1.99. The van der Waals surface area contributed by atoms with E-state index in [0.29, 0.717) is 18.4 Å². The number of carbonyl (C=O) groups excluding carboxylic acids is 2. The first-order valence-electron chi connectivity index (χ1n) is 6.34. The Morgan fingerprint density at radius 1 is 1.37 bits per heavy atom. The molecule has 0 saturated carbocycles. The number of aliphatic hydroxyl groups is 1. The van der Waals surface area contributed by atoms with Crippen molar-refractivity contribution in [2.75, 3.05) is 12.0 Å². The highest BCUT2D eigenvalue weighted by Gasteiger charge is 2.17. The molecule has 0 amide bonds. The number of esters is 1. The lowest BCUT2D eigenvalue weighted by Gasteiger charge is -2.16. The van der Waals surface area contributed by atoms with Crippen LogP contribution in [0.25, 0.3) is 0 Å². The van der Waals surface area contributed by atoms with Gasteiger partial charge in [0.15, 0.2) is 5.12 Å². The van der Waals surface area contributed by atoms with Crippen LogP contribution in [0.15, 0.2) is 12.2 Å². The van der Waals surface area contributed by atoms with Gasteiger partial charge in [-0.05, 0) is 6.42 Å². The SMILES string of the molecule is CC(=O)SCCC=CC(O)CC(=O)OC[Si](C)(C)C. The summed E-state index contributed by atoms with van der Waals surface area (Å²) in [6.07, 6.45) is 3.73. The Balaban J connectivity index is 3.78. The van der Waals surface area contributed by atoms with Crippen LogP contribution in [0.4, 0.5) is 0 Å². The maximum atomic E-state index is 11.4. The van der Waals surface area contributed by atoms with E-state index in [1.54, 1.807) is 12.2 Å². The van der Waals surface area contributed by atoms with Gasteiger partial charge in [0.25, 0.3) is 0 Å². The van der Waals surface area contributed by atoms with E-state index in [1.165, 1.54) is 18.7 Å². The second kappa shape index (κ2) is 9.33. The summed E-state index contributed by atoms with van der Waals surface area (Å²) in [5.41, 5.74) is 0. The molecule has 1 unspecified atom stereocenters. The van der Waals surface area contributed by atoms with Crippen LogP contribution in [-0.2, 0) is 14.3 Å². The molecule has 0 aliphatic rings. The number of aliphatic hydroxyl groups excluding tert-OH is 1. The van der Waals surface area contributed by atoms with Crippen LogP contribution < -0.4 is 0 Å². The summed E-state index contributed by atoms with van der Waals surface area (Å²) in [7, 11) is -1.40. The molecular formula is C13H24O4SSi. The van der Waals surface area contributed by atoms with Crippen molar-refractivity contribution in [3.63, 3.8) is 0 Å². The summed E-state index contributed by atoms with van der Waals surface area (Å²) in [5.74, 6) is 0.330. The van der Waals surface area contributed by atoms with Crippen molar-refractivity contribution in [3.05, 3.63) is 12.2 Å². The molecule has 19 heavy (non-hydrogen) atoms. The summed E-state index contributed by atoms with van der Waals surface area (Å²) in [6, 6.07) is 0. The molecule has 0 radical (unpaired) electrons. The van der Waals surface area contributed by atoms with Gasteiger partial charge in [0.2, 0.25) is 0 Å². The van der Waals surface area contributed by atoms with E-state index in [1.807, 2.05) is 0 Å². The monoisotopic (exact) mass is 304 g/mol. The molecule has 110 valence electrons.